The van der Waals surface area contributed by atoms with Gasteiger partial charge in [-0.05, 0) is 19.8 Å². The van der Waals surface area contributed by atoms with E-state index in [1.54, 1.807) is 0 Å². The molecule has 2 rings (SSSR count). The molecule has 0 atom stereocenters. The fraction of sp³-hybridized carbons (Fsp3) is 0.500. The van der Waals surface area contributed by atoms with Crippen molar-refractivity contribution in [2.45, 2.75) is 44.6 Å². The molecule has 1 aromatic carbocycles. The Morgan fingerprint density at radius 2 is 1.69 bits per heavy atom. The van der Waals surface area contributed by atoms with E-state index in [0.717, 1.165) is 24.8 Å². The van der Waals surface area contributed by atoms with E-state index in [2.05, 4.69) is 0 Å². The number of rotatable bonds is 2. The lowest BCUT2D eigenvalue weighted by Gasteiger charge is -2.30. The summed E-state index contributed by atoms with van der Waals surface area (Å²) in [5.74, 6) is -0.104. The Balaban J connectivity index is 2.20. The molecule has 1 saturated carbocycles. The van der Waals surface area contributed by atoms with Gasteiger partial charge in [-0.3, -0.25) is 4.79 Å². The summed E-state index contributed by atoms with van der Waals surface area (Å²) in [6.45, 7) is 1.99. The van der Waals surface area contributed by atoms with Gasteiger partial charge >= 0.3 is 0 Å². The Labute approximate surface area is 96.3 Å². The number of ketones is 1. The van der Waals surface area contributed by atoms with Crippen LogP contribution in [0.3, 0.4) is 0 Å². The van der Waals surface area contributed by atoms with E-state index in [-0.39, 0.29) is 5.78 Å². The Hall–Kier alpha value is -1.15. The van der Waals surface area contributed by atoms with Crippen molar-refractivity contribution in [3.8, 4) is 0 Å². The smallest absolute Gasteiger partial charge is 0.194 e. The number of Topliss-reactive ketones (excluding diaryl/α,β-unsaturated/α-hetero) is 1. The number of aliphatic hydroxyl groups is 1. The van der Waals surface area contributed by atoms with Crippen molar-refractivity contribution in [2.24, 2.45) is 0 Å². The second-order valence-electron chi connectivity index (χ2n) is 4.79. The molecule has 0 saturated heterocycles. The molecule has 16 heavy (non-hydrogen) atoms. The molecule has 2 heteroatoms. The highest BCUT2D eigenvalue weighted by atomic mass is 16.3. The summed E-state index contributed by atoms with van der Waals surface area (Å²) in [5, 5.41) is 10.3. The molecule has 0 aliphatic heterocycles. The van der Waals surface area contributed by atoms with E-state index in [9.17, 15) is 9.90 Å². The molecule has 0 radical (unpaired) electrons. The molecule has 1 N–H and O–H groups in total. The van der Waals surface area contributed by atoms with Gasteiger partial charge in [0.1, 0.15) is 5.60 Å². The van der Waals surface area contributed by atoms with Gasteiger partial charge in [0, 0.05) is 5.56 Å². The second-order valence-corrected chi connectivity index (χ2v) is 4.79. The van der Waals surface area contributed by atoms with E-state index in [4.69, 9.17) is 0 Å². The van der Waals surface area contributed by atoms with Crippen molar-refractivity contribution in [3.63, 3.8) is 0 Å². The highest BCUT2D eigenvalue weighted by Gasteiger charge is 2.37. The molecule has 1 aliphatic carbocycles. The summed E-state index contributed by atoms with van der Waals surface area (Å²) in [6.07, 6.45) is 4.26. The fourth-order valence-electron chi connectivity index (χ4n) is 2.34. The summed E-state index contributed by atoms with van der Waals surface area (Å²) in [5.41, 5.74) is 0.662. The average molecular weight is 218 g/mol. The summed E-state index contributed by atoms with van der Waals surface area (Å²) in [7, 11) is 0. The summed E-state index contributed by atoms with van der Waals surface area (Å²) >= 11 is 0. The molecular formula is C14H18O2. The molecule has 0 aromatic heterocycles. The average Bonchev–Trinajstić information content (AvgIpc) is 2.30. The molecule has 2 nitrogen and oxygen atoms in total. The number of hydrogen-bond acceptors (Lipinski definition) is 2. The van der Waals surface area contributed by atoms with Gasteiger partial charge in [0.25, 0.3) is 0 Å². The van der Waals surface area contributed by atoms with Crippen LogP contribution in [0.15, 0.2) is 24.3 Å². The number of carbonyl (C=O) groups is 1. The Morgan fingerprint density at radius 1 is 1.12 bits per heavy atom. The van der Waals surface area contributed by atoms with Crippen LogP contribution in [-0.2, 0) is 0 Å². The highest BCUT2D eigenvalue weighted by Crippen LogP contribution is 2.31. The fourth-order valence-corrected chi connectivity index (χ4v) is 2.34. The topological polar surface area (TPSA) is 37.3 Å². The number of aryl methyl sites for hydroxylation is 1. The van der Waals surface area contributed by atoms with Crippen LogP contribution in [0.1, 0.15) is 48.0 Å². The van der Waals surface area contributed by atoms with Gasteiger partial charge in [-0.15, -0.1) is 0 Å². The largest absolute Gasteiger partial charge is 0.382 e. The predicted molar refractivity (Wildman–Crippen MR) is 63.5 cm³/mol. The molecule has 86 valence electrons. The van der Waals surface area contributed by atoms with Crippen molar-refractivity contribution in [1.82, 2.24) is 0 Å². The predicted octanol–water partition coefficient (Wildman–Crippen LogP) is 2.87. The van der Waals surface area contributed by atoms with Crippen molar-refractivity contribution in [3.05, 3.63) is 35.4 Å². The van der Waals surface area contributed by atoms with E-state index in [0.29, 0.717) is 18.4 Å². The lowest BCUT2D eigenvalue weighted by molar-refractivity contribution is 0.0116. The van der Waals surface area contributed by atoms with Gasteiger partial charge in [-0.25, -0.2) is 0 Å². The minimum Gasteiger partial charge on any atom is -0.382 e. The molecule has 0 amide bonds. The lowest BCUT2D eigenvalue weighted by Crippen LogP contribution is -2.40. The first-order valence-corrected chi connectivity index (χ1v) is 5.96. The van der Waals surface area contributed by atoms with E-state index in [1.807, 2.05) is 31.2 Å². The monoisotopic (exact) mass is 218 g/mol. The standard InChI is InChI=1S/C14H18O2/c1-11-5-7-12(8-6-11)13(15)14(16)9-3-2-4-10-14/h5-8,16H,2-4,9-10H2,1H3. The van der Waals surface area contributed by atoms with Crippen molar-refractivity contribution < 1.29 is 9.90 Å². The third-order valence-corrected chi connectivity index (χ3v) is 3.42. The van der Waals surface area contributed by atoms with E-state index >= 15 is 0 Å². The SMILES string of the molecule is Cc1ccc(C(=O)C2(O)CCCCC2)cc1. The minimum atomic E-state index is -1.10. The summed E-state index contributed by atoms with van der Waals surface area (Å²) in [4.78, 5) is 12.2. The maximum Gasteiger partial charge on any atom is 0.194 e. The van der Waals surface area contributed by atoms with Crippen LogP contribution in [0, 0.1) is 6.92 Å². The second kappa shape index (κ2) is 4.38. The van der Waals surface area contributed by atoms with Crippen LogP contribution in [-0.4, -0.2) is 16.5 Å². The maximum absolute atomic E-state index is 12.2. The zero-order chi connectivity index (χ0) is 11.6. The van der Waals surface area contributed by atoms with Gasteiger partial charge in [-0.1, -0.05) is 49.1 Å². The molecule has 1 aliphatic rings. The molecule has 1 fully saturated rings. The zero-order valence-electron chi connectivity index (χ0n) is 9.70. The first-order chi connectivity index (χ1) is 7.62. The first kappa shape index (κ1) is 11.3. The van der Waals surface area contributed by atoms with E-state index < -0.39 is 5.60 Å². The van der Waals surface area contributed by atoms with Gasteiger partial charge in [-0.2, -0.15) is 0 Å². The van der Waals surface area contributed by atoms with Crippen LogP contribution in [0.2, 0.25) is 0 Å². The van der Waals surface area contributed by atoms with Crippen molar-refractivity contribution >= 4 is 5.78 Å². The lowest BCUT2D eigenvalue weighted by atomic mass is 9.79. The third kappa shape index (κ3) is 2.17. The molecule has 0 spiro atoms. The number of carbonyl (C=O) groups excluding carboxylic acids is 1. The normalized spacial score (nSPS) is 19.4. The third-order valence-electron chi connectivity index (χ3n) is 3.42. The van der Waals surface area contributed by atoms with Crippen molar-refractivity contribution in [2.75, 3.05) is 0 Å². The molecule has 0 heterocycles. The van der Waals surface area contributed by atoms with Crippen LogP contribution < -0.4 is 0 Å². The van der Waals surface area contributed by atoms with Gasteiger partial charge in [0.15, 0.2) is 5.78 Å². The molecule has 0 bridgehead atoms. The van der Waals surface area contributed by atoms with Gasteiger partial charge in [0.05, 0.1) is 0 Å². The van der Waals surface area contributed by atoms with Gasteiger partial charge in [0.2, 0.25) is 0 Å². The molecule has 1 aromatic rings. The Morgan fingerprint density at radius 3 is 2.25 bits per heavy atom. The maximum atomic E-state index is 12.2. The Bertz CT molecular complexity index is 372. The first-order valence-electron chi connectivity index (χ1n) is 5.96. The Kier molecular flexibility index (Phi) is 3.10. The van der Waals surface area contributed by atoms with Crippen LogP contribution >= 0.6 is 0 Å². The van der Waals surface area contributed by atoms with Gasteiger partial charge < -0.3 is 5.11 Å². The van der Waals surface area contributed by atoms with Crippen molar-refractivity contribution in [1.29, 1.82) is 0 Å². The van der Waals surface area contributed by atoms with Crippen LogP contribution in [0.4, 0.5) is 0 Å². The summed E-state index contributed by atoms with van der Waals surface area (Å²) < 4.78 is 0. The number of hydrogen-bond donors (Lipinski definition) is 1. The quantitative estimate of drug-likeness (QED) is 0.775. The highest BCUT2D eigenvalue weighted by molar-refractivity contribution is 6.02. The van der Waals surface area contributed by atoms with E-state index in [1.165, 1.54) is 0 Å². The number of benzene rings is 1. The zero-order valence-corrected chi connectivity index (χ0v) is 9.70. The minimum absolute atomic E-state index is 0.104. The molecule has 0 unspecified atom stereocenters. The van der Waals surface area contributed by atoms with Crippen LogP contribution in [0.5, 0.6) is 0 Å². The molecular weight excluding hydrogens is 200 g/mol. The van der Waals surface area contributed by atoms with Crippen LogP contribution in [0.25, 0.3) is 0 Å². The summed E-state index contributed by atoms with van der Waals surface area (Å²) in [6, 6.07) is 7.45.